The third-order valence-corrected chi connectivity index (χ3v) is 4.82. The molecule has 30 heavy (non-hydrogen) atoms. The van der Waals surface area contributed by atoms with Crippen LogP contribution < -0.4 is 16.0 Å². The summed E-state index contributed by atoms with van der Waals surface area (Å²) in [6.07, 6.45) is 1.09. The summed E-state index contributed by atoms with van der Waals surface area (Å²) in [5, 5.41) is 8.96. The van der Waals surface area contributed by atoms with Crippen LogP contribution in [-0.2, 0) is 16.0 Å². The first-order valence-corrected chi connectivity index (χ1v) is 10.0. The zero-order chi connectivity index (χ0) is 21.3. The van der Waals surface area contributed by atoms with Gasteiger partial charge in [0.15, 0.2) is 0 Å². The Bertz CT molecular complexity index is 996. The molecule has 154 valence electrons. The Hall–Kier alpha value is -3.60. The quantitative estimate of drug-likeness (QED) is 0.501. The first-order chi connectivity index (χ1) is 14.5. The molecule has 0 bridgehead atoms. The maximum Gasteiger partial charge on any atom is 0.243 e. The molecule has 0 saturated heterocycles. The third-order valence-electron chi connectivity index (χ3n) is 4.82. The van der Waals surface area contributed by atoms with Crippen LogP contribution in [0.5, 0.6) is 0 Å². The van der Waals surface area contributed by atoms with Crippen molar-refractivity contribution in [1.29, 1.82) is 0 Å². The van der Waals surface area contributed by atoms with Gasteiger partial charge in [-0.25, -0.2) is 0 Å². The van der Waals surface area contributed by atoms with Crippen LogP contribution >= 0.6 is 0 Å². The number of anilines is 3. The van der Waals surface area contributed by atoms with Gasteiger partial charge in [0.1, 0.15) is 0 Å². The van der Waals surface area contributed by atoms with Crippen LogP contribution in [0, 0.1) is 13.8 Å². The summed E-state index contributed by atoms with van der Waals surface area (Å²) >= 11 is 0. The van der Waals surface area contributed by atoms with E-state index < -0.39 is 0 Å². The zero-order valence-electron chi connectivity index (χ0n) is 17.4. The van der Waals surface area contributed by atoms with Gasteiger partial charge in [0.25, 0.3) is 0 Å². The molecule has 0 aromatic heterocycles. The lowest BCUT2D eigenvalue weighted by Crippen LogP contribution is -2.22. The van der Waals surface area contributed by atoms with Crippen LogP contribution in [0.15, 0.2) is 72.8 Å². The number of hydrogen-bond donors (Lipinski definition) is 3. The number of hydrogen-bond acceptors (Lipinski definition) is 3. The van der Waals surface area contributed by atoms with Gasteiger partial charge < -0.3 is 16.0 Å². The van der Waals surface area contributed by atoms with Crippen molar-refractivity contribution in [3.63, 3.8) is 0 Å². The molecule has 2 amide bonds. The van der Waals surface area contributed by atoms with E-state index in [-0.39, 0.29) is 18.4 Å². The summed E-state index contributed by atoms with van der Waals surface area (Å²) in [7, 11) is 0. The van der Waals surface area contributed by atoms with Crippen LogP contribution in [0.1, 0.15) is 23.1 Å². The van der Waals surface area contributed by atoms with Crippen molar-refractivity contribution in [3.05, 3.63) is 89.5 Å². The molecule has 0 fully saturated rings. The largest absolute Gasteiger partial charge is 0.376 e. The van der Waals surface area contributed by atoms with Crippen LogP contribution in [0.2, 0.25) is 0 Å². The van der Waals surface area contributed by atoms with E-state index in [9.17, 15) is 9.59 Å². The second-order valence-corrected chi connectivity index (χ2v) is 7.28. The molecular weight excluding hydrogens is 374 g/mol. The molecule has 0 aliphatic heterocycles. The SMILES string of the molecule is Cc1cccc(C)c1NCC(=O)Nc1cccc(NC(=O)CCc2ccccc2)c1. The van der Waals surface area contributed by atoms with Gasteiger partial charge in [0.05, 0.1) is 6.54 Å². The maximum atomic E-state index is 12.3. The van der Waals surface area contributed by atoms with Crippen molar-refractivity contribution >= 4 is 28.9 Å². The normalized spacial score (nSPS) is 10.3. The molecule has 5 heteroatoms. The van der Waals surface area contributed by atoms with Gasteiger partial charge in [0.2, 0.25) is 11.8 Å². The molecule has 0 heterocycles. The molecule has 5 nitrogen and oxygen atoms in total. The Morgan fingerprint density at radius 3 is 2.00 bits per heavy atom. The van der Waals surface area contributed by atoms with Gasteiger partial charge in [-0.2, -0.15) is 0 Å². The van der Waals surface area contributed by atoms with Crippen molar-refractivity contribution in [2.24, 2.45) is 0 Å². The Morgan fingerprint density at radius 2 is 1.33 bits per heavy atom. The maximum absolute atomic E-state index is 12.3. The second-order valence-electron chi connectivity index (χ2n) is 7.28. The van der Waals surface area contributed by atoms with Crippen molar-refractivity contribution < 1.29 is 9.59 Å². The van der Waals surface area contributed by atoms with Gasteiger partial charge in [-0.05, 0) is 55.2 Å². The molecule has 3 aromatic rings. The third kappa shape index (κ3) is 6.21. The standard InChI is InChI=1S/C25H27N3O2/c1-18-8-6-9-19(2)25(18)26-17-24(30)28-22-13-7-12-21(16-22)27-23(29)15-14-20-10-4-3-5-11-20/h3-13,16,26H,14-15,17H2,1-2H3,(H,27,29)(H,28,30). The summed E-state index contributed by atoms with van der Waals surface area (Å²) in [6, 6.07) is 23.1. The van der Waals surface area contributed by atoms with Gasteiger partial charge >= 0.3 is 0 Å². The number of benzene rings is 3. The summed E-state index contributed by atoms with van der Waals surface area (Å²) in [5.74, 6) is -0.204. The minimum absolute atomic E-state index is 0.0565. The minimum Gasteiger partial charge on any atom is -0.376 e. The monoisotopic (exact) mass is 401 g/mol. The van der Waals surface area contributed by atoms with E-state index in [1.807, 2.05) is 68.4 Å². The summed E-state index contributed by atoms with van der Waals surface area (Å²) in [4.78, 5) is 24.6. The number of carbonyl (C=O) groups is 2. The Morgan fingerprint density at radius 1 is 0.733 bits per heavy atom. The lowest BCUT2D eigenvalue weighted by atomic mass is 10.1. The first kappa shape index (κ1) is 21.1. The molecule has 0 radical (unpaired) electrons. The molecule has 3 N–H and O–H groups in total. The Kier molecular flexibility index (Phi) is 7.22. The first-order valence-electron chi connectivity index (χ1n) is 10.0. The molecule has 0 aliphatic carbocycles. The number of nitrogens with one attached hydrogen (secondary N) is 3. The number of rotatable bonds is 8. The highest BCUT2D eigenvalue weighted by atomic mass is 16.2. The molecule has 0 unspecified atom stereocenters. The predicted molar refractivity (Wildman–Crippen MR) is 123 cm³/mol. The fourth-order valence-corrected chi connectivity index (χ4v) is 3.27. The lowest BCUT2D eigenvalue weighted by Gasteiger charge is -2.13. The van der Waals surface area contributed by atoms with Gasteiger partial charge in [-0.3, -0.25) is 9.59 Å². The molecule has 0 saturated carbocycles. The van der Waals surface area contributed by atoms with Crippen molar-refractivity contribution in [2.45, 2.75) is 26.7 Å². The van der Waals surface area contributed by atoms with E-state index in [2.05, 4.69) is 16.0 Å². The fraction of sp³-hybridized carbons (Fsp3) is 0.200. The second kappa shape index (κ2) is 10.3. The van der Waals surface area contributed by atoms with Crippen LogP contribution in [0.25, 0.3) is 0 Å². The molecule has 0 aliphatic rings. The van der Waals surface area contributed by atoms with Crippen molar-refractivity contribution in [3.8, 4) is 0 Å². The van der Waals surface area contributed by atoms with Crippen molar-refractivity contribution in [1.82, 2.24) is 0 Å². The average Bonchev–Trinajstić information content (AvgIpc) is 2.73. The van der Waals surface area contributed by atoms with E-state index in [1.165, 1.54) is 0 Å². The average molecular weight is 402 g/mol. The summed E-state index contributed by atoms with van der Waals surface area (Å²) < 4.78 is 0. The molecule has 3 aromatic carbocycles. The highest BCUT2D eigenvalue weighted by Crippen LogP contribution is 2.19. The summed E-state index contributed by atoms with van der Waals surface area (Å²) in [6.45, 7) is 4.19. The molecular formula is C25H27N3O2. The zero-order valence-corrected chi connectivity index (χ0v) is 17.4. The minimum atomic E-state index is -0.148. The van der Waals surface area contributed by atoms with E-state index >= 15 is 0 Å². The highest BCUT2D eigenvalue weighted by molar-refractivity contribution is 5.96. The number of amides is 2. The van der Waals surface area contributed by atoms with Gasteiger partial charge in [0, 0.05) is 23.5 Å². The highest BCUT2D eigenvalue weighted by Gasteiger charge is 2.08. The Balaban J connectivity index is 1.50. The van der Waals surface area contributed by atoms with Gasteiger partial charge in [-0.15, -0.1) is 0 Å². The number of aryl methyl sites for hydroxylation is 3. The van der Waals surface area contributed by atoms with Gasteiger partial charge in [-0.1, -0.05) is 54.6 Å². The van der Waals surface area contributed by atoms with Crippen LogP contribution in [0.4, 0.5) is 17.1 Å². The van der Waals surface area contributed by atoms with E-state index in [1.54, 1.807) is 18.2 Å². The number of para-hydroxylation sites is 1. The van der Waals surface area contributed by atoms with E-state index in [4.69, 9.17) is 0 Å². The Labute approximate surface area is 177 Å². The topological polar surface area (TPSA) is 70.2 Å². The number of carbonyl (C=O) groups excluding carboxylic acids is 2. The van der Waals surface area contributed by atoms with Crippen molar-refractivity contribution in [2.75, 3.05) is 22.5 Å². The van der Waals surface area contributed by atoms with Crippen LogP contribution in [0.3, 0.4) is 0 Å². The van der Waals surface area contributed by atoms with E-state index in [0.717, 1.165) is 22.4 Å². The summed E-state index contributed by atoms with van der Waals surface area (Å²) in [5.41, 5.74) is 5.61. The molecule has 0 atom stereocenters. The molecule has 3 rings (SSSR count). The lowest BCUT2D eigenvalue weighted by molar-refractivity contribution is -0.116. The fourth-order valence-electron chi connectivity index (χ4n) is 3.27. The van der Waals surface area contributed by atoms with Crippen LogP contribution in [-0.4, -0.2) is 18.4 Å². The van der Waals surface area contributed by atoms with E-state index in [0.29, 0.717) is 24.2 Å². The smallest absolute Gasteiger partial charge is 0.243 e. The predicted octanol–water partition coefficient (Wildman–Crippen LogP) is 4.93. The molecule has 0 spiro atoms.